The standard InChI is InChI=1S/C18H14F3N3O5/c19-11-4-6-13(17(21)16(11)20)23-15(25)8-29-18(26)9-1-5-12(22-10-2-3-10)14(7-9)24(27)28/h1,4-7,10,22H,2-3,8H2,(H,23,25). The predicted octanol–water partition coefficient (Wildman–Crippen LogP) is 3.38. The monoisotopic (exact) mass is 409 g/mol. The highest BCUT2D eigenvalue weighted by Crippen LogP contribution is 2.31. The van der Waals surface area contributed by atoms with Crippen LogP contribution >= 0.6 is 0 Å². The van der Waals surface area contributed by atoms with Gasteiger partial charge in [0.05, 0.1) is 16.2 Å². The van der Waals surface area contributed by atoms with E-state index < -0.39 is 46.5 Å². The lowest BCUT2D eigenvalue weighted by Gasteiger charge is -2.09. The third kappa shape index (κ3) is 4.81. The fourth-order valence-electron chi connectivity index (χ4n) is 2.40. The molecule has 1 aliphatic rings. The van der Waals surface area contributed by atoms with Crippen LogP contribution in [0.4, 0.5) is 30.2 Å². The maximum Gasteiger partial charge on any atom is 0.338 e. The van der Waals surface area contributed by atoms with Gasteiger partial charge >= 0.3 is 5.97 Å². The Labute approximate surface area is 161 Å². The summed E-state index contributed by atoms with van der Waals surface area (Å²) in [5.41, 5.74) is -0.846. The Morgan fingerprint density at radius 2 is 1.79 bits per heavy atom. The summed E-state index contributed by atoms with van der Waals surface area (Å²) in [6, 6.07) is 5.27. The highest BCUT2D eigenvalue weighted by Gasteiger charge is 2.26. The van der Waals surface area contributed by atoms with Crippen molar-refractivity contribution in [1.29, 1.82) is 0 Å². The molecule has 2 N–H and O–H groups in total. The molecule has 3 rings (SSSR count). The molecular weight excluding hydrogens is 395 g/mol. The van der Waals surface area contributed by atoms with E-state index in [1.165, 1.54) is 12.1 Å². The quantitative estimate of drug-likeness (QED) is 0.314. The van der Waals surface area contributed by atoms with Crippen LogP contribution in [0.25, 0.3) is 0 Å². The minimum Gasteiger partial charge on any atom is -0.452 e. The van der Waals surface area contributed by atoms with Crippen LogP contribution in [0.2, 0.25) is 0 Å². The molecule has 2 aromatic rings. The normalized spacial score (nSPS) is 12.9. The van der Waals surface area contributed by atoms with Crippen LogP contribution < -0.4 is 10.6 Å². The molecule has 0 radical (unpaired) electrons. The van der Waals surface area contributed by atoms with Gasteiger partial charge in [0.1, 0.15) is 5.69 Å². The first-order valence-electron chi connectivity index (χ1n) is 8.41. The van der Waals surface area contributed by atoms with Crippen molar-refractivity contribution >= 4 is 28.9 Å². The molecule has 0 bridgehead atoms. The van der Waals surface area contributed by atoms with Gasteiger partial charge in [-0.05, 0) is 37.1 Å². The first-order valence-corrected chi connectivity index (χ1v) is 8.41. The molecule has 0 aromatic heterocycles. The molecule has 11 heteroatoms. The first-order chi connectivity index (χ1) is 13.8. The molecule has 1 amide bonds. The van der Waals surface area contributed by atoms with Crippen molar-refractivity contribution < 1.29 is 32.4 Å². The topological polar surface area (TPSA) is 111 Å². The molecule has 0 spiro atoms. The Balaban J connectivity index is 1.62. The molecule has 1 saturated carbocycles. The third-order valence-corrected chi connectivity index (χ3v) is 4.01. The number of amides is 1. The summed E-state index contributed by atoms with van der Waals surface area (Å²) in [6.45, 7) is -0.868. The number of nitrogens with zero attached hydrogens (tertiary/aromatic N) is 1. The SMILES string of the molecule is O=C(COC(=O)c1ccc(NC2CC2)c([N+](=O)[O-])c1)Nc1ccc(F)c(F)c1F. The van der Waals surface area contributed by atoms with Gasteiger partial charge in [-0.15, -0.1) is 0 Å². The molecule has 2 aromatic carbocycles. The second-order valence-electron chi connectivity index (χ2n) is 6.25. The minimum absolute atomic E-state index is 0.159. The molecule has 1 fully saturated rings. The number of rotatable bonds is 7. The first kappa shape index (κ1) is 20.1. The van der Waals surface area contributed by atoms with E-state index in [1.54, 1.807) is 0 Å². The van der Waals surface area contributed by atoms with Crippen LogP contribution in [-0.4, -0.2) is 29.4 Å². The van der Waals surface area contributed by atoms with Crippen LogP contribution in [0.5, 0.6) is 0 Å². The average molecular weight is 409 g/mol. The summed E-state index contributed by atoms with van der Waals surface area (Å²) in [5, 5.41) is 16.1. The smallest absolute Gasteiger partial charge is 0.338 e. The van der Waals surface area contributed by atoms with E-state index in [2.05, 4.69) is 5.32 Å². The number of benzene rings is 2. The highest BCUT2D eigenvalue weighted by atomic mass is 19.2. The van der Waals surface area contributed by atoms with Crippen LogP contribution in [0.1, 0.15) is 23.2 Å². The molecule has 0 heterocycles. The lowest BCUT2D eigenvalue weighted by atomic mass is 10.1. The Kier molecular flexibility index (Phi) is 5.66. The average Bonchev–Trinajstić information content (AvgIpc) is 3.50. The van der Waals surface area contributed by atoms with Crippen molar-refractivity contribution in [3.05, 3.63) is 63.5 Å². The number of carbonyl (C=O) groups excluding carboxylic acids is 2. The van der Waals surface area contributed by atoms with Gasteiger partial charge in [-0.25, -0.2) is 18.0 Å². The largest absolute Gasteiger partial charge is 0.452 e. The van der Waals surface area contributed by atoms with E-state index in [1.807, 2.05) is 5.32 Å². The summed E-state index contributed by atoms with van der Waals surface area (Å²) in [4.78, 5) is 34.4. The summed E-state index contributed by atoms with van der Waals surface area (Å²) in [6.07, 6.45) is 1.79. The fraction of sp³-hybridized carbons (Fsp3) is 0.222. The van der Waals surface area contributed by atoms with Gasteiger partial charge in [-0.3, -0.25) is 14.9 Å². The van der Waals surface area contributed by atoms with Crippen molar-refractivity contribution in [2.45, 2.75) is 18.9 Å². The molecular formula is C18H14F3N3O5. The van der Waals surface area contributed by atoms with Crippen LogP contribution in [0.15, 0.2) is 30.3 Å². The zero-order valence-corrected chi connectivity index (χ0v) is 14.7. The van der Waals surface area contributed by atoms with Gasteiger partial charge in [-0.2, -0.15) is 0 Å². The molecule has 0 unspecified atom stereocenters. The molecule has 8 nitrogen and oxygen atoms in total. The van der Waals surface area contributed by atoms with Crippen molar-refractivity contribution in [3.8, 4) is 0 Å². The van der Waals surface area contributed by atoms with Gasteiger partial charge in [0.15, 0.2) is 24.1 Å². The molecule has 0 atom stereocenters. The summed E-state index contributed by atoms with van der Waals surface area (Å²) in [5.74, 6) is -6.81. The molecule has 152 valence electrons. The Morgan fingerprint density at radius 3 is 2.45 bits per heavy atom. The number of hydrogen-bond donors (Lipinski definition) is 2. The number of nitrogens with one attached hydrogen (secondary N) is 2. The van der Waals surface area contributed by atoms with E-state index in [9.17, 15) is 32.9 Å². The summed E-state index contributed by atoms with van der Waals surface area (Å²) < 4.78 is 44.3. The lowest BCUT2D eigenvalue weighted by Crippen LogP contribution is -2.22. The number of esters is 1. The van der Waals surface area contributed by atoms with E-state index >= 15 is 0 Å². The Morgan fingerprint density at radius 1 is 1.10 bits per heavy atom. The van der Waals surface area contributed by atoms with Crippen LogP contribution in [0.3, 0.4) is 0 Å². The molecule has 0 aliphatic heterocycles. The molecule has 1 aliphatic carbocycles. The van der Waals surface area contributed by atoms with Crippen LogP contribution in [0, 0.1) is 27.6 Å². The molecule has 29 heavy (non-hydrogen) atoms. The van der Waals surface area contributed by atoms with Gasteiger partial charge in [0.2, 0.25) is 0 Å². The Hall–Kier alpha value is -3.63. The molecule has 0 saturated heterocycles. The van der Waals surface area contributed by atoms with Gasteiger partial charge < -0.3 is 15.4 Å². The maximum absolute atomic E-state index is 13.5. The van der Waals surface area contributed by atoms with Crippen molar-refractivity contribution in [2.75, 3.05) is 17.2 Å². The van der Waals surface area contributed by atoms with Gasteiger partial charge in [0, 0.05) is 12.1 Å². The number of anilines is 2. The lowest BCUT2D eigenvalue weighted by molar-refractivity contribution is -0.384. The van der Waals surface area contributed by atoms with Crippen LogP contribution in [-0.2, 0) is 9.53 Å². The Bertz CT molecular complexity index is 995. The van der Waals surface area contributed by atoms with Crippen molar-refractivity contribution in [2.24, 2.45) is 0 Å². The number of hydrogen-bond acceptors (Lipinski definition) is 6. The summed E-state index contributed by atoms with van der Waals surface area (Å²) >= 11 is 0. The number of nitro benzene ring substituents is 1. The van der Waals surface area contributed by atoms with E-state index in [0.717, 1.165) is 25.0 Å². The van der Waals surface area contributed by atoms with Crippen molar-refractivity contribution in [3.63, 3.8) is 0 Å². The zero-order chi connectivity index (χ0) is 21.1. The number of halogens is 3. The number of carbonyl (C=O) groups is 2. The highest BCUT2D eigenvalue weighted by molar-refractivity contribution is 5.96. The summed E-state index contributed by atoms with van der Waals surface area (Å²) in [7, 11) is 0. The fourth-order valence-corrected chi connectivity index (χ4v) is 2.40. The predicted molar refractivity (Wildman–Crippen MR) is 95.0 cm³/mol. The number of nitro groups is 1. The maximum atomic E-state index is 13.5. The second-order valence-corrected chi connectivity index (χ2v) is 6.25. The second kappa shape index (κ2) is 8.17. The van der Waals surface area contributed by atoms with E-state index in [0.29, 0.717) is 6.07 Å². The van der Waals surface area contributed by atoms with E-state index in [4.69, 9.17) is 4.74 Å². The van der Waals surface area contributed by atoms with E-state index in [-0.39, 0.29) is 23.0 Å². The number of ether oxygens (including phenoxy) is 1. The van der Waals surface area contributed by atoms with Crippen molar-refractivity contribution in [1.82, 2.24) is 0 Å². The van der Waals surface area contributed by atoms with Gasteiger partial charge in [0.25, 0.3) is 11.6 Å². The third-order valence-electron chi connectivity index (χ3n) is 4.01. The zero-order valence-electron chi connectivity index (χ0n) is 14.7. The van der Waals surface area contributed by atoms with Gasteiger partial charge in [-0.1, -0.05) is 0 Å². The minimum atomic E-state index is -1.76.